The third-order valence-electron chi connectivity index (χ3n) is 4.70. The van der Waals surface area contributed by atoms with Gasteiger partial charge in [-0.3, -0.25) is 14.4 Å². The number of benzene rings is 2. The first-order valence-corrected chi connectivity index (χ1v) is 12.1. The second kappa shape index (κ2) is 8.48. The van der Waals surface area contributed by atoms with Crippen molar-refractivity contribution in [3.05, 3.63) is 66.5 Å². The molecule has 0 spiro atoms. The Bertz CT molecular complexity index is 1310. The van der Waals surface area contributed by atoms with Gasteiger partial charge in [0, 0.05) is 30.8 Å². The van der Waals surface area contributed by atoms with Crippen molar-refractivity contribution in [2.24, 2.45) is 0 Å². The van der Waals surface area contributed by atoms with Gasteiger partial charge in [0.25, 0.3) is 5.91 Å². The minimum absolute atomic E-state index is 0.166. The van der Waals surface area contributed by atoms with E-state index in [4.69, 9.17) is 4.74 Å². The summed E-state index contributed by atoms with van der Waals surface area (Å²) in [5, 5.41) is 4.75. The second-order valence-corrected chi connectivity index (χ2v) is 9.88. The normalized spacial score (nSPS) is 11.5. The molecule has 4 rings (SSSR count). The van der Waals surface area contributed by atoms with Crippen LogP contribution in [0.25, 0.3) is 10.2 Å². The lowest BCUT2D eigenvalue weighted by Gasteiger charge is -2.20. The van der Waals surface area contributed by atoms with Gasteiger partial charge in [0.15, 0.2) is 15.0 Å². The molecule has 0 bridgehead atoms. The van der Waals surface area contributed by atoms with Gasteiger partial charge in [0.1, 0.15) is 5.75 Å². The number of ether oxygens (including phenoxy) is 1. The second-order valence-electron chi connectivity index (χ2n) is 6.85. The van der Waals surface area contributed by atoms with Crippen LogP contribution in [0.15, 0.2) is 65.8 Å². The Morgan fingerprint density at radius 2 is 1.97 bits per heavy atom. The van der Waals surface area contributed by atoms with Crippen molar-refractivity contribution in [2.45, 2.75) is 11.4 Å². The molecule has 0 radical (unpaired) electrons. The van der Waals surface area contributed by atoms with Crippen molar-refractivity contribution < 1.29 is 17.9 Å². The maximum atomic E-state index is 13.4. The third kappa shape index (κ3) is 4.59. The van der Waals surface area contributed by atoms with Crippen LogP contribution in [0.2, 0.25) is 0 Å². The quantitative estimate of drug-likeness (QED) is 0.424. The van der Waals surface area contributed by atoms with Gasteiger partial charge >= 0.3 is 0 Å². The Morgan fingerprint density at radius 1 is 1.19 bits per heavy atom. The molecule has 2 aromatic heterocycles. The lowest BCUT2D eigenvalue weighted by atomic mass is 10.2. The van der Waals surface area contributed by atoms with Crippen LogP contribution in [0.4, 0.5) is 5.13 Å². The molecule has 4 aromatic rings. The van der Waals surface area contributed by atoms with Gasteiger partial charge in [-0.1, -0.05) is 11.3 Å². The predicted molar refractivity (Wildman–Crippen MR) is 120 cm³/mol. The number of fused-ring (bicyclic) bond motifs is 1. The molecular weight excluding hydrogens is 436 g/mol. The highest BCUT2D eigenvalue weighted by atomic mass is 32.2. The number of sulfone groups is 1. The standard InChI is InChI=1S/C21H20N4O4S2/c1-29-16-6-9-18-19(14-16)30-21(23-18)25(13-12-24-11-3-10-22-24)20(26)15-4-7-17(8-5-15)31(2,27)28/h3-11,14H,12-13H2,1-2H3. The first kappa shape index (κ1) is 21.0. The van der Waals surface area contributed by atoms with Crippen molar-refractivity contribution in [3.8, 4) is 5.75 Å². The first-order chi connectivity index (χ1) is 14.8. The Kier molecular flexibility index (Phi) is 5.75. The average molecular weight is 457 g/mol. The topological polar surface area (TPSA) is 94.4 Å². The zero-order valence-electron chi connectivity index (χ0n) is 16.9. The number of hydrogen-bond donors (Lipinski definition) is 0. The zero-order valence-corrected chi connectivity index (χ0v) is 18.6. The fourth-order valence-electron chi connectivity index (χ4n) is 3.05. The highest BCUT2D eigenvalue weighted by molar-refractivity contribution is 7.90. The van der Waals surface area contributed by atoms with E-state index in [1.807, 2.05) is 30.5 Å². The van der Waals surface area contributed by atoms with E-state index in [-0.39, 0.29) is 10.8 Å². The monoisotopic (exact) mass is 456 g/mol. The largest absolute Gasteiger partial charge is 0.497 e. The number of methoxy groups -OCH3 is 1. The summed E-state index contributed by atoms with van der Waals surface area (Å²) in [6, 6.07) is 13.3. The van der Waals surface area contributed by atoms with Crippen molar-refractivity contribution in [1.82, 2.24) is 14.8 Å². The molecule has 0 N–H and O–H groups in total. The number of carbonyl (C=O) groups excluding carboxylic acids is 1. The van der Waals surface area contributed by atoms with E-state index in [2.05, 4.69) is 10.1 Å². The summed E-state index contributed by atoms with van der Waals surface area (Å²) in [6.45, 7) is 0.838. The number of hydrogen-bond acceptors (Lipinski definition) is 7. The number of thiazole rings is 1. The maximum absolute atomic E-state index is 13.4. The van der Waals surface area contributed by atoms with Crippen LogP contribution in [0.1, 0.15) is 10.4 Å². The van der Waals surface area contributed by atoms with Crippen LogP contribution in [-0.4, -0.2) is 49.0 Å². The number of nitrogens with zero attached hydrogens (tertiary/aromatic N) is 4. The number of carbonyl (C=O) groups is 1. The van der Waals surface area contributed by atoms with E-state index in [1.165, 1.54) is 35.6 Å². The SMILES string of the molecule is COc1ccc2nc(N(CCn3cccn3)C(=O)c3ccc(S(C)(=O)=O)cc3)sc2c1. The van der Waals surface area contributed by atoms with Crippen LogP contribution in [0, 0.1) is 0 Å². The Balaban J connectivity index is 1.69. The van der Waals surface area contributed by atoms with Gasteiger partial charge in [-0.05, 0) is 48.5 Å². The molecule has 0 aliphatic carbocycles. The van der Waals surface area contributed by atoms with Crippen LogP contribution >= 0.6 is 11.3 Å². The highest BCUT2D eigenvalue weighted by Gasteiger charge is 2.22. The van der Waals surface area contributed by atoms with E-state index < -0.39 is 9.84 Å². The Hall–Kier alpha value is -3.24. The predicted octanol–water partition coefficient (Wildman–Crippen LogP) is 3.25. The molecule has 10 heteroatoms. The van der Waals surface area contributed by atoms with Crippen LogP contribution < -0.4 is 9.64 Å². The molecule has 2 heterocycles. The minimum Gasteiger partial charge on any atom is -0.497 e. The fourth-order valence-corrected chi connectivity index (χ4v) is 4.70. The molecule has 8 nitrogen and oxygen atoms in total. The van der Waals surface area contributed by atoms with E-state index >= 15 is 0 Å². The molecule has 160 valence electrons. The van der Waals surface area contributed by atoms with Crippen molar-refractivity contribution in [2.75, 3.05) is 24.8 Å². The maximum Gasteiger partial charge on any atom is 0.260 e. The number of rotatable bonds is 7. The lowest BCUT2D eigenvalue weighted by Crippen LogP contribution is -2.34. The van der Waals surface area contributed by atoms with Crippen LogP contribution in [-0.2, 0) is 16.4 Å². The Morgan fingerprint density at radius 3 is 2.61 bits per heavy atom. The molecule has 0 aliphatic rings. The summed E-state index contributed by atoms with van der Waals surface area (Å²) in [4.78, 5) is 19.7. The van der Waals surface area contributed by atoms with Gasteiger partial charge in [-0.25, -0.2) is 13.4 Å². The molecule has 1 amide bonds. The number of amides is 1. The first-order valence-electron chi connectivity index (χ1n) is 9.39. The van der Waals surface area contributed by atoms with Crippen LogP contribution in [0.5, 0.6) is 5.75 Å². The molecule has 0 saturated carbocycles. The van der Waals surface area contributed by atoms with E-state index in [0.29, 0.717) is 29.5 Å². The molecule has 2 aromatic carbocycles. The van der Waals surface area contributed by atoms with Gasteiger partial charge in [-0.2, -0.15) is 5.10 Å². The molecule has 31 heavy (non-hydrogen) atoms. The van der Waals surface area contributed by atoms with Gasteiger partial charge in [0.05, 0.1) is 28.8 Å². The highest BCUT2D eigenvalue weighted by Crippen LogP contribution is 2.32. The van der Waals surface area contributed by atoms with Gasteiger partial charge in [-0.15, -0.1) is 0 Å². The van der Waals surface area contributed by atoms with E-state index in [0.717, 1.165) is 16.5 Å². The molecule has 0 fully saturated rings. The van der Waals surface area contributed by atoms with E-state index in [1.54, 1.807) is 22.9 Å². The minimum atomic E-state index is -3.34. The van der Waals surface area contributed by atoms with Crippen LogP contribution in [0.3, 0.4) is 0 Å². The summed E-state index contributed by atoms with van der Waals surface area (Å²) < 4.78 is 31.4. The van der Waals surface area contributed by atoms with E-state index in [9.17, 15) is 13.2 Å². The van der Waals surface area contributed by atoms with Crippen molar-refractivity contribution >= 4 is 42.4 Å². The molecule has 0 aliphatic heterocycles. The summed E-state index contributed by atoms with van der Waals surface area (Å²) in [7, 11) is -1.74. The molecular formula is C21H20N4O4S2. The smallest absolute Gasteiger partial charge is 0.260 e. The zero-order chi connectivity index (χ0) is 22.0. The summed E-state index contributed by atoms with van der Waals surface area (Å²) in [5.74, 6) is 0.451. The molecule has 0 atom stereocenters. The molecule has 0 saturated heterocycles. The van der Waals surface area contributed by atoms with Gasteiger partial charge < -0.3 is 4.74 Å². The summed E-state index contributed by atoms with van der Waals surface area (Å²) in [6.07, 6.45) is 4.64. The summed E-state index contributed by atoms with van der Waals surface area (Å²) in [5.41, 5.74) is 1.15. The fraction of sp³-hybridized carbons (Fsp3) is 0.190. The third-order valence-corrected chi connectivity index (χ3v) is 6.87. The molecule has 0 unspecified atom stereocenters. The number of anilines is 1. The van der Waals surface area contributed by atoms with Gasteiger partial charge in [0.2, 0.25) is 0 Å². The van der Waals surface area contributed by atoms with Crippen molar-refractivity contribution in [3.63, 3.8) is 0 Å². The van der Waals surface area contributed by atoms with Crippen molar-refractivity contribution in [1.29, 1.82) is 0 Å². The lowest BCUT2D eigenvalue weighted by molar-refractivity contribution is 0.0985. The average Bonchev–Trinajstić information content (AvgIpc) is 3.42. The number of aromatic nitrogens is 3. The summed E-state index contributed by atoms with van der Waals surface area (Å²) >= 11 is 1.39. The Labute approximate surface area is 183 Å².